The van der Waals surface area contributed by atoms with Crippen molar-refractivity contribution in [1.29, 1.82) is 0 Å². The molecule has 1 amide bonds. The number of hydrogen-bond donors (Lipinski definition) is 2. The SMILES string of the molecule is O=C(NCCCc1ncn[nH]1)c1ccnc(Cl)c1[N+](=O)[O-]. The van der Waals surface area contributed by atoms with Gasteiger partial charge in [0.25, 0.3) is 5.91 Å². The highest BCUT2D eigenvalue weighted by molar-refractivity contribution is 6.32. The number of amides is 1. The number of aromatic nitrogens is 4. The summed E-state index contributed by atoms with van der Waals surface area (Å²) < 4.78 is 0. The van der Waals surface area contributed by atoms with Gasteiger partial charge in [0.05, 0.1) is 4.92 Å². The predicted molar refractivity (Wildman–Crippen MR) is 72.9 cm³/mol. The molecule has 0 aromatic carbocycles. The van der Waals surface area contributed by atoms with Crippen LogP contribution in [-0.4, -0.2) is 37.5 Å². The van der Waals surface area contributed by atoms with Crippen molar-refractivity contribution in [2.45, 2.75) is 12.8 Å². The van der Waals surface area contributed by atoms with Crippen LogP contribution < -0.4 is 5.32 Å². The van der Waals surface area contributed by atoms with Crippen molar-refractivity contribution < 1.29 is 9.72 Å². The van der Waals surface area contributed by atoms with E-state index in [1.807, 2.05) is 0 Å². The van der Waals surface area contributed by atoms with Gasteiger partial charge in [0.15, 0.2) is 0 Å². The molecule has 0 bridgehead atoms. The van der Waals surface area contributed by atoms with Gasteiger partial charge in [0, 0.05) is 19.2 Å². The van der Waals surface area contributed by atoms with Crippen molar-refractivity contribution in [1.82, 2.24) is 25.5 Å². The van der Waals surface area contributed by atoms with Gasteiger partial charge in [-0.05, 0) is 12.5 Å². The molecule has 0 atom stereocenters. The zero-order chi connectivity index (χ0) is 15.2. The maximum absolute atomic E-state index is 11.9. The van der Waals surface area contributed by atoms with E-state index in [2.05, 4.69) is 25.5 Å². The maximum atomic E-state index is 11.9. The molecule has 110 valence electrons. The highest BCUT2D eigenvalue weighted by Gasteiger charge is 2.24. The largest absolute Gasteiger partial charge is 0.352 e. The van der Waals surface area contributed by atoms with Gasteiger partial charge in [0.2, 0.25) is 5.15 Å². The third-order valence-electron chi connectivity index (χ3n) is 2.65. The van der Waals surface area contributed by atoms with E-state index < -0.39 is 16.5 Å². The Morgan fingerprint density at radius 3 is 2.95 bits per heavy atom. The Kier molecular flexibility index (Phi) is 4.77. The summed E-state index contributed by atoms with van der Waals surface area (Å²) in [6, 6.07) is 1.26. The van der Waals surface area contributed by atoms with Crippen molar-refractivity contribution in [2.75, 3.05) is 6.54 Å². The molecule has 0 spiro atoms. The minimum atomic E-state index is -0.723. The number of aryl methyl sites for hydroxylation is 1. The third kappa shape index (κ3) is 3.72. The molecular formula is C11H11ClN6O3. The number of pyridine rings is 1. The van der Waals surface area contributed by atoms with Crippen LogP contribution in [0.3, 0.4) is 0 Å². The molecule has 0 unspecified atom stereocenters. The molecular weight excluding hydrogens is 300 g/mol. The quantitative estimate of drug-likeness (QED) is 0.356. The van der Waals surface area contributed by atoms with Gasteiger partial charge >= 0.3 is 5.69 Å². The summed E-state index contributed by atoms with van der Waals surface area (Å²) in [5.41, 5.74) is -0.605. The van der Waals surface area contributed by atoms with Crippen molar-refractivity contribution in [2.24, 2.45) is 0 Å². The predicted octanol–water partition coefficient (Wildman–Crippen LogP) is 1.12. The normalized spacial score (nSPS) is 10.3. The first-order valence-corrected chi connectivity index (χ1v) is 6.38. The van der Waals surface area contributed by atoms with Crippen LogP contribution in [0.15, 0.2) is 18.6 Å². The van der Waals surface area contributed by atoms with Crippen LogP contribution in [0, 0.1) is 10.1 Å². The average molecular weight is 311 g/mol. The average Bonchev–Trinajstić information content (AvgIpc) is 2.95. The number of carbonyl (C=O) groups is 1. The number of aromatic amines is 1. The summed E-state index contributed by atoms with van der Waals surface area (Å²) in [6.07, 6.45) is 3.88. The number of nitro groups is 1. The fraction of sp³-hybridized carbons (Fsp3) is 0.273. The number of nitrogens with zero attached hydrogens (tertiary/aromatic N) is 4. The molecule has 0 radical (unpaired) electrons. The second-order valence-corrected chi connectivity index (χ2v) is 4.40. The van der Waals surface area contributed by atoms with Crippen LogP contribution in [0.25, 0.3) is 0 Å². The molecule has 0 fully saturated rings. The summed E-state index contributed by atoms with van der Waals surface area (Å²) in [4.78, 5) is 29.7. The Bertz CT molecular complexity index is 645. The second-order valence-electron chi connectivity index (χ2n) is 4.05. The highest BCUT2D eigenvalue weighted by atomic mass is 35.5. The number of carbonyl (C=O) groups excluding carboxylic acids is 1. The van der Waals surface area contributed by atoms with Crippen LogP contribution in [0.4, 0.5) is 5.69 Å². The van der Waals surface area contributed by atoms with E-state index in [0.717, 1.165) is 0 Å². The number of H-pyrrole nitrogens is 1. The molecule has 0 aliphatic carbocycles. The number of halogens is 1. The standard InChI is InChI=1S/C11H11ClN6O3/c12-10-9(18(20)21)7(3-5-13-10)11(19)14-4-1-2-8-15-6-16-17-8/h3,5-6H,1-2,4H2,(H,14,19)(H,15,16,17). The summed E-state index contributed by atoms with van der Waals surface area (Å²) in [5, 5.41) is 19.6. The topological polar surface area (TPSA) is 127 Å². The van der Waals surface area contributed by atoms with Crippen molar-refractivity contribution in [3.05, 3.63) is 45.2 Å². The molecule has 2 aromatic rings. The summed E-state index contributed by atoms with van der Waals surface area (Å²) in [7, 11) is 0. The number of rotatable bonds is 6. The molecule has 0 saturated heterocycles. The summed E-state index contributed by atoms with van der Waals surface area (Å²) >= 11 is 5.65. The Hall–Kier alpha value is -2.55. The number of nitrogens with one attached hydrogen (secondary N) is 2. The van der Waals surface area contributed by atoms with Gasteiger partial charge in [-0.1, -0.05) is 11.6 Å². The first-order chi connectivity index (χ1) is 10.1. The summed E-state index contributed by atoms with van der Waals surface area (Å²) in [6.45, 7) is 0.344. The Balaban J connectivity index is 1.94. The van der Waals surface area contributed by atoms with Crippen LogP contribution in [0.1, 0.15) is 22.6 Å². The highest BCUT2D eigenvalue weighted by Crippen LogP contribution is 2.25. The lowest BCUT2D eigenvalue weighted by molar-refractivity contribution is -0.385. The second kappa shape index (κ2) is 6.75. The molecule has 2 aromatic heterocycles. The molecule has 0 aliphatic rings. The van der Waals surface area contributed by atoms with E-state index in [9.17, 15) is 14.9 Å². The molecule has 2 N–H and O–H groups in total. The zero-order valence-electron chi connectivity index (χ0n) is 10.7. The molecule has 2 rings (SSSR count). The van der Waals surface area contributed by atoms with Gasteiger partial charge < -0.3 is 5.32 Å². The van der Waals surface area contributed by atoms with Crippen molar-refractivity contribution in [3.63, 3.8) is 0 Å². The van der Waals surface area contributed by atoms with Gasteiger partial charge in [0.1, 0.15) is 17.7 Å². The van der Waals surface area contributed by atoms with E-state index in [-0.39, 0.29) is 10.7 Å². The molecule has 0 saturated carbocycles. The Morgan fingerprint density at radius 2 is 2.29 bits per heavy atom. The summed E-state index contributed by atoms with van der Waals surface area (Å²) in [5.74, 6) is 0.144. The maximum Gasteiger partial charge on any atom is 0.319 e. The fourth-order valence-electron chi connectivity index (χ4n) is 1.69. The lowest BCUT2D eigenvalue weighted by atomic mass is 10.2. The first kappa shape index (κ1) is 14.9. The third-order valence-corrected chi connectivity index (χ3v) is 2.92. The van der Waals surface area contributed by atoms with E-state index in [4.69, 9.17) is 11.6 Å². The van der Waals surface area contributed by atoms with E-state index in [0.29, 0.717) is 25.2 Å². The van der Waals surface area contributed by atoms with Crippen LogP contribution >= 0.6 is 11.6 Å². The molecule has 9 nitrogen and oxygen atoms in total. The molecule has 21 heavy (non-hydrogen) atoms. The van der Waals surface area contributed by atoms with Crippen LogP contribution in [0.2, 0.25) is 5.15 Å². The van der Waals surface area contributed by atoms with E-state index >= 15 is 0 Å². The monoisotopic (exact) mass is 310 g/mol. The molecule has 0 aliphatic heterocycles. The Labute approximate surface area is 123 Å². The van der Waals surface area contributed by atoms with Gasteiger partial charge in [-0.15, -0.1) is 0 Å². The van der Waals surface area contributed by atoms with Gasteiger partial charge in [-0.3, -0.25) is 20.0 Å². The minimum absolute atomic E-state index is 0.111. The van der Waals surface area contributed by atoms with Gasteiger partial charge in [-0.25, -0.2) is 9.97 Å². The van der Waals surface area contributed by atoms with Crippen molar-refractivity contribution >= 4 is 23.2 Å². The molecule has 2 heterocycles. The lowest BCUT2D eigenvalue weighted by Gasteiger charge is -2.05. The number of hydrogen-bond acceptors (Lipinski definition) is 6. The van der Waals surface area contributed by atoms with E-state index in [1.165, 1.54) is 18.6 Å². The fourth-order valence-corrected chi connectivity index (χ4v) is 1.92. The smallest absolute Gasteiger partial charge is 0.319 e. The molecule has 10 heteroatoms. The van der Waals surface area contributed by atoms with E-state index in [1.54, 1.807) is 0 Å². The first-order valence-electron chi connectivity index (χ1n) is 6.01. The lowest BCUT2D eigenvalue weighted by Crippen LogP contribution is -2.25. The van der Waals surface area contributed by atoms with Gasteiger partial charge in [-0.2, -0.15) is 5.10 Å². The van der Waals surface area contributed by atoms with Crippen LogP contribution in [-0.2, 0) is 6.42 Å². The Morgan fingerprint density at radius 1 is 1.48 bits per heavy atom. The van der Waals surface area contributed by atoms with Crippen LogP contribution in [0.5, 0.6) is 0 Å². The zero-order valence-corrected chi connectivity index (χ0v) is 11.5. The van der Waals surface area contributed by atoms with Crippen molar-refractivity contribution in [3.8, 4) is 0 Å². The minimum Gasteiger partial charge on any atom is -0.352 e.